The third-order valence-electron chi connectivity index (χ3n) is 8.55. The fourth-order valence-corrected chi connectivity index (χ4v) is 7.12. The first-order chi connectivity index (χ1) is 11.3. The first-order valence-electron chi connectivity index (χ1n) is 9.56. The number of carbonyl (C=O) groups excluding carboxylic acids is 2. The number of fused-ring (bicyclic) bond motifs is 5. The molecule has 1 N–H and O–H groups in total. The number of hydrogen-bond donors (Lipinski definition) is 1. The minimum Gasteiger partial charge on any atom is -0.481 e. The average Bonchev–Trinajstić information content (AvgIpc) is 2.83. The van der Waals surface area contributed by atoms with E-state index in [1.54, 1.807) is 0 Å². The van der Waals surface area contributed by atoms with Gasteiger partial charge in [0.1, 0.15) is 17.5 Å². The lowest BCUT2D eigenvalue weighted by atomic mass is 9.44. The first-order valence-corrected chi connectivity index (χ1v) is 9.56. The zero-order valence-corrected chi connectivity index (χ0v) is 14.7. The second-order valence-corrected chi connectivity index (χ2v) is 9.34. The van der Waals surface area contributed by atoms with Crippen LogP contribution in [0.4, 0.5) is 0 Å². The molecule has 0 aromatic heterocycles. The molecule has 0 heterocycles. The molecule has 0 spiro atoms. The van der Waals surface area contributed by atoms with E-state index in [0.29, 0.717) is 42.3 Å². The maximum atomic E-state index is 12.4. The molecule has 0 bridgehead atoms. The van der Waals surface area contributed by atoms with Gasteiger partial charge in [-0.15, -0.1) is 0 Å². The van der Waals surface area contributed by atoms with Crippen LogP contribution in [0.2, 0.25) is 0 Å². The molecule has 4 aliphatic rings. The van der Waals surface area contributed by atoms with Crippen LogP contribution in [0.1, 0.15) is 65.2 Å². The summed E-state index contributed by atoms with van der Waals surface area (Å²) in [5, 5.41) is 9.47. The fraction of sp³-hybridized carbons (Fsp3) is 0.850. The van der Waals surface area contributed by atoms with E-state index in [2.05, 4.69) is 13.8 Å². The standard InChI is InChI=1S/C20H28O4/c1-19-8-7-15-12(14(19)5-6-17(19)22)4-3-11-9-16(21)13(18(23)24)10-20(11,15)2/h11-15H,3-10H2,1-2H3,(H,23,24)/t11?,12-,13?,14-,15-,19-,20-/m0/s1. The van der Waals surface area contributed by atoms with Gasteiger partial charge in [-0.2, -0.15) is 0 Å². The van der Waals surface area contributed by atoms with Gasteiger partial charge < -0.3 is 5.11 Å². The summed E-state index contributed by atoms with van der Waals surface area (Å²) in [6.07, 6.45) is 6.80. The van der Waals surface area contributed by atoms with Gasteiger partial charge in [-0.25, -0.2) is 0 Å². The summed E-state index contributed by atoms with van der Waals surface area (Å²) in [5.74, 6) is 0.447. The monoisotopic (exact) mass is 332 g/mol. The Balaban J connectivity index is 1.66. The van der Waals surface area contributed by atoms with Crippen molar-refractivity contribution in [2.45, 2.75) is 65.2 Å². The summed E-state index contributed by atoms with van der Waals surface area (Å²) in [6.45, 7) is 4.42. The van der Waals surface area contributed by atoms with E-state index >= 15 is 0 Å². The Morgan fingerprint density at radius 1 is 1.08 bits per heavy atom. The highest BCUT2D eigenvalue weighted by atomic mass is 16.4. The van der Waals surface area contributed by atoms with Crippen LogP contribution in [0.5, 0.6) is 0 Å². The van der Waals surface area contributed by atoms with Crippen molar-refractivity contribution >= 4 is 17.5 Å². The van der Waals surface area contributed by atoms with E-state index < -0.39 is 11.9 Å². The molecule has 0 aromatic rings. The minimum absolute atomic E-state index is 0.0488. The van der Waals surface area contributed by atoms with Crippen molar-refractivity contribution in [2.75, 3.05) is 0 Å². The lowest BCUT2D eigenvalue weighted by molar-refractivity contribution is -0.161. The highest BCUT2D eigenvalue weighted by molar-refractivity contribution is 5.99. The van der Waals surface area contributed by atoms with Gasteiger partial charge in [0, 0.05) is 18.3 Å². The molecule has 4 rings (SSSR count). The molecule has 4 heteroatoms. The Kier molecular flexibility index (Phi) is 3.50. The number of ketones is 2. The number of carboxylic acid groups (broad SMARTS) is 1. The number of aliphatic carboxylic acids is 1. The van der Waals surface area contributed by atoms with Crippen LogP contribution in [0.15, 0.2) is 0 Å². The summed E-state index contributed by atoms with van der Waals surface area (Å²) >= 11 is 0. The number of carbonyl (C=O) groups is 3. The number of rotatable bonds is 1. The van der Waals surface area contributed by atoms with E-state index in [-0.39, 0.29) is 16.6 Å². The topological polar surface area (TPSA) is 71.4 Å². The van der Waals surface area contributed by atoms with Crippen molar-refractivity contribution in [1.29, 1.82) is 0 Å². The van der Waals surface area contributed by atoms with Gasteiger partial charge in [0.2, 0.25) is 0 Å². The predicted octanol–water partition coefficient (Wildman–Crippen LogP) is 3.48. The van der Waals surface area contributed by atoms with Gasteiger partial charge in [0.05, 0.1) is 0 Å². The highest BCUT2D eigenvalue weighted by Crippen LogP contribution is 2.65. The van der Waals surface area contributed by atoms with Gasteiger partial charge >= 0.3 is 5.97 Å². The zero-order valence-electron chi connectivity index (χ0n) is 14.7. The lowest BCUT2D eigenvalue weighted by Crippen LogP contribution is -2.55. The van der Waals surface area contributed by atoms with Gasteiger partial charge in [0.25, 0.3) is 0 Å². The van der Waals surface area contributed by atoms with Crippen LogP contribution in [-0.2, 0) is 14.4 Å². The molecule has 24 heavy (non-hydrogen) atoms. The molecular weight excluding hydrogens is 304 g/mol. The SMILES string of the molecule is C[C@]12CC(C(=O)O)C(=O)CC1CC[C@@H]1[C@@H]2CC[C@]2(C)C(=O)CC[C@@H]12. The Morgan fingerprint density at radius 2 is 1.83 bits per heavy atom. The van der Waals surface area contributed by atoms with Crippen molar-refractivity contribution in [3.05, 3.63) is 0 Å². The Hall–Kier alpha value is -1.19. The molecular formula is C20H28O4. The normalized spacial score (nSPS) is 50.8. The molecule has 0 aromatic carbocycles. The van der Waals surface area contributed by atoms with Crippen molar-refractivity contribution in [3.8, 4) is 0 Å². The van der Waals surface area contributed by atoms with E-state index in [1.807, 2.05) is 0 Å². The van der Waals surface area contributed by atoms with Gasteiger partial charge in [-0.1, -0.05) is 13.8 Å². The third kappa shape index (κ3) is 2.01. The van der Waals surface area contributed by atoms with Crippen molar-refractivity contribution in [1.82, 2.24) is 0 Å². The smallest absolute Gasteiger partial charge is 0.314 e. The summed E-state index contributed by atoms with van der Waals surface area (Å²) < 4.78 is 0. The molecule has 2 unspecified atom stereocenters. The van der Waals surface area contributed by atoms with Crippen molar-refractivity contribution < 1.29 is 19.5 Å². The molecule has 0 radical (unpaired) electrons. The van der Waals surface area contributed by atoms with Crippen LogP contribution in [0.25, 0.3) is 0 Å². The molecule has 0 saturated heterocycles. The van der Waals surface area contributed by atoms with Crippen LogP contribution in [0.3, 0.4) is 0 Å². The van der Waals surface area contributed by atoms with Crippen LogP contribution in [-0.4, -0.2) is 22.6 Å². The van der Waals surface area contributed by atoms with Gasteiger partial charge in [0.15, 0.2) is 0 Å². The Bertz CT molecular complexity index is 611. The molecule has 0 amide bonds. The molecule has 7 atom stereocenters. The summed E-state index contributed by atoms with van der Waals surface area (Å²) in [4.78, 5) is 36.2. The van der Waals surface area contributed by atoms with Gasteiger partial charge in [-0.05, 0) is 67.6 Å². The summed E-state index contributed by atoms with van der Waals surface area (Å²) in [5.41, 5.74) is -0.187. The molecule has 4 fully saturated rings. The molecule has 0 aliphatic heterocycles. The second kappa shape index (κ2) is 5.15. The third-order valence-corrected chi connectivity index (χ3v) is 8.55. The number of Topliss-reactive ketones (excluding diaryl/α,β-unsaturated/α-hetero) is 2. The van der Waals surface area contributed by atoms with Crippen molar-refractivity contribution in [3.63, 3.8) is 0 Å². The molecule has 132 valence electrons. The fourth-order valence-electron chi connectivity index (χ4n) is 7.12. The molecule has 4 saturated carbocycles. The summed E-state index contributed by atoms with van der Waals surface area (Å²) in [6, 6.07) is 0. The predicted molar refractivity (Wildman–Crippen MR) is 88.2 cm³/mol. The number of carboxylic acids is 1. The largest absolute Gasteiger partial charge is 0.481 e. The lowest BCUT2D eigenvalue weighted by Gasteiger charge is -2.59. The van der Waals surface area contributed by atoms with Crippen LogP contribution in [0, 0.1) is 40.4 Å². The first kappa shape index (κ1) is 16.3. The van der Waals surface area contributed by atoms with Crippen molar-refractivity contribution in [2.24, 2.45) is 40.4 Å². The second-order valence-electron chi connectivity index (χ2n) is 9.34. The Morgan fingerprint density at radius 3 is 2.54 bits per heavy atom. The molecule has 4 aliphatic carbocycles. The minimum atomic E-state index is -0.946. The summed E-state index contributed by atoms with van der Waals surface area (Å²) in [7, 11) is 0. The Labute approximate surface area is 143 Å². The van der Waals surface area contributed by atoms with E-state index in [4.69, 9.17) is 0 Å². The maximum absolute atomic E-state index is 12.4. The van der Waals surface area contributed by atoms with Gasteiger partial charge in [-0.3, -0.25) is 14.4 Å². The van der Waals surface area contributed by atoms with E-state index in [9.17, 15) is 19.5 Å². The zero-order chi connectivity index (χ0) is 17.3. The van der Waals surface area contributed by atoms with Crippen LogP contribution >= 0.6 is 0 Å². The van der Waals surface area contributed by atoms with E-state index in [0.717, 1.165) is 38.5 Å². The quantitative estimate of drug-likeness (QED) is 0.746. The van der Waals surface area contributed by atoms with E-state index in [1.165, 1.54) is 0 Å². The average molecular weight is 332 g/mol. The molecule has 4 nitrogen and oxygen atoms in total. The highest BCUT2D eigenvalue weighted by Gasteiger charge is 2.61. The van der Waals surface area contributed by atoms with Crippen LogP contribution < -0.4 is 0 Å². The number of hydrogen-bond acceptors (Lipinski definition) is 3. The maximum Gasteiger partial charge on any atom is 0.314 e.